The van der Waals surface area contributed by atoms with Gasteiger partial charge < -0.3 is 29.7 Å². The first-order valence-electron chi connectivity index (χ1n) is 13.9. The summed E-state index contributed by atoms with van der Waals surface area (Å²) in [7, 11) is 0. The molecule has 0 aromatic carbocycles. The number of carbonyl (C=O) groups excluding carboxylic acids is 4. The van der Waals surface area contributed by atoms with Crippen LogP contribution in [0.4, 0.5) is 0 Å². The molecule has 6 atom stereocenters. The second-order valence-electron chi connectivity index (χ2n) is 11.0. The van der Waals surface area contributed by atoms with Gasteiger partial charge in [0.25, 0.3) is 0 Å². The summed E-state index contributed by atoms with van der Waals surface area (Å²) in [5, 5.41) is 11.9. The molecular weight excluding hydrogens is 490 g/mol. The number of fused-ring (bicyclic) bond motifs is 2. The summed E-state index contributed by atoms with van der Waals surface area (Å²) in [6.07, 6.45) is 9.96. The minimum atomic E-state index is -1.23. The number of hydrogen-bond acceptors (Lipinski definition) is 7. The van der Waals surface area contributed by atoms with Crippen LogP contribution in [-0.4, -0.2) is 94.7 Å². The third-order valence-electron chi connectivity index (χ3n) is 8.00. The maximum atomic E-state index is 14.2. The summed E-state index contributed by atoms with van der Waals surface area (Å²) >= 11 is 0. The second-order valence-corrected chi connectivity index (χ2v) is 11.0. The van der Waals surface area contributed by atoms with Crippen LogP contribution in [-0.2, 0) is 28.7 Å². The summed E-state index contributed by atoms with van der Waals surface area (Å²) in [4.78, 5) is 57.1. The van der Waals surface area contributed by atoms with Crippen LogP contribution in [0.5, 0.6) is 0 Å². The van der Waals surface area contributed by atoms with Gasteiger partial charge in [-0.15, -0.1) is 0 Å². The van der Waals surface area contributed by atoms with Gasteiger partial charge in [-0.3, -0.25) is 19.2 Å². The standard InChI is InChI=1S/C28H41N3O7/c1-18(2)30-14-9-6-7-11-21(33)29-17-19(3)37-27(36)22-20-12-13-28(38-20)23(22)25(34)31(24(28)26(30)35)15-8-4-5-10-16-32/h6,9,12-13,18-20,22-24,32H,4-5,7-8,10-11,14-17H2,1-3H3,(H,29,33)/b9-6-/t19-,20+,22-,23-,24+,28-/m0/s1. The molecule has 38 heavy (non-hydrogen) atoms. The van der Waals surface area contributed by atoms with Gasteiger partial charge in [0.15, 0.2) is 0 Å². The molecule has 4 aliphatic heterocycles. The lowest BCUT2D eigenvalue weighted by Gasteiger charge is -2.37. The fraction of sp³-hybridized carbons (Fsp3) is 0.714. The predicted molar refractivity (Wildman–Crippen MR) is 139 cm³/mol. The van der Waals surface area contributed by atoms with E-state index in [0.717, 1.165) is 12.8 Å². The van der Waals surface area contributed by atoms with Gasteiger partial charge in [-0.2, -0.15) is 0 Å². The molecule has 4 heterocycles. The van der Waals surface area contributed by atoms with Crippen molar-refractivity contribution < 1.29 is 33.8 Å². The van der Waals surface area contributed by atoms with Gasteiger partial charge in [0.1, 0.15) is 23.7 Å². The van der Waals surface area contributed by atoms with E-state index in [1.54, 1.807) is 22.8 Å². The van der Waals surface area contributed by atoms with Crippen LogP contribution in [0, 0.1) is 11.8 Å². The molecule has 5 bridgehead atoms. The number of esters is 1. The number of aliphatic hydroxyl groups is 1. The molecule has 210 valence electrons. The summed E-state index contributed by atoms with van der Waals surface area (Å²) in [5.74, 6) is -2.88. The average molecular weight is 532 g/mol. The molecule has 2 fully saturated rings. The van der Waals surface area contributed by atoms with Gasteiger partial charge in [-0.05, 0) is 40.0 Å². The van der Waals surface area contributed by atoms with Crippen molar-refractivity contribution in [3.63, 3.8) is 0 Å². The highest BCUT2D eigenvalue weighted by Crippen LogP contribution is 2.55. The van der Waals surface area contributed by atoms with Crippen molar-refractivity contribution in [2.75, 3.05) is 26.2 Å². The SMILES string of the molecule is CC(C)N1C/C=C\CCC(=O)NC[C@H](C)OC(=O)[C@@H]2[C@H]3C(=O)N(CCCCCCO)[C@H](C1=O)[C@]31C=C[C@H]2O1. The number of likely N-dealkylation sites (tertiary alicyclic amines) is 1. The molecule has 0 aliphatic carbocycles. The number of cyclic esters (lactones) is 1. The topological polar surface area (TPSA) is 125 Å². The Morgan fingerprint density at radius 1 is 1.11 bits per heavy atom. The van der Waals surface area contributed by atoms with Gasteiger partial charge in [0, 0.05) is 32.2 Å². The van der Waals surface area contributed by atoms with E-state index in [1.165, 1.54) is 0 Å². The molecule has 0 saturated carbocycles. The summed E-state index contributed by atoms with van der Waals surface area (Å²) in [6.45, 7) is 6.56. The monoisotopic (exact) mass is 531 g/mol. The average Bonchev–Trinajstić information content (AvgIpc) is 3.51. The maximum absolute atomic E-state index is 14.2. The van der Waals surface area contributed by atoms with Crippen molar-refractivity contribution in [1.29, 1.82) is 0 Å². The molecule has 3 amide bonds. The first-order valence-corrected chi connectivity index (χ1v) is 13.9. The minimum Gasteiger partial charge on any atom is -0.460 e. The highest BCUT2D eigenvalue weighted by molar-refractivity contribution is 5.99. The van der Waals surface area contributed by atoms with Crippen LogP contribution in [0.3, 0.4) is 0 Å². The fourth-order valence-corrected chi connectivity index (χ4v) is 6.10. The molecule has 0 aromatic rings. The van der Waals surface area contributed by atoms with Gasteiger partial charge in [-0.1, -0.05) is 37.1 Å². The molecule has 1 spiro atoms. The lowest BCUT2D eigenvalue weighted by Crippen LogP contribution is -2.57. The molecule has 2 N–H and O–H groups in total. The molecule has 10 heteroatoms. The number of amides is 3. The number of carbonyl (C=O) groups is 4. The quantitative estimate of drug-likeness (QED) is 0.288. The number of aliphatic hydroxyl groups excluding tert-OH is 1. The molecule has 0 unspecified atom stereocenters. The number of ether oxygens (including phenoxy) is 2. The van der Waals surface area contributed by atoms with Crippen molar-refractivity contribution in [2.45, 2.75) is 89.2 Å². The zero-order valence-electron chi connectivity index (χ0n) is 22.6. The number of allylic oxidation sites excluding steroid dienone is 1. The highest BCUT2D eigenvalue weighted by Gasteiger charge is 2.73. The number of hydrogen-bond donors (Lipinski definition) is 2. The van der Waals surface area contributed by atoms with Crippen LogP contribution in [0.15, 0.2) is 24.3 Å². The molecule has 10 nitrogen and oxygen atoms in total. The molecule has 4 aliphatic rings. The van der Waals surface area contributed by atoms with Crippen LogP contribution >= 0.6 is 0 Å². The van der Waals surface area contributed by atoms with Crippen LogP contribution in [0.1, 0.15) is 59.3 Å². The zero-order valence-corrected chi connectivity index (χ0v) is 22.6. The van der Waals surface area contributed by atoms with Crippen molar-refractivity contribution in [1.82, 2.24) is 15.1 Å². The third kappa shape index (κ3) is 5.38. The van der Waals surface area contributed by atoms with Crippen LogP contribution in [0.25, 0.3) is 0 Å². The third-order valence-corrected chi connectivity index (χ3v) is 8.00. The molecular formula is C28H41N3O7. The normalized spacial score (nSPS) is 34.6. The van der Waals surface area contributed by atoms with Gasteiger partial charge in [-0.25, -0.2) is 0 Å². The smallest absolute Gasteiger partial charge is 0.313 e. The van der Waals surface area contributed by atoms with Gasteiger partial charge >= 0.3 is 5.97 Å². The van der Waals surface area contributed by atoms with Crippen molar-refractivity contribution in [3.05, 3.63) is 24.3 Å². The van der Waals surface area contributed by atoms with Gasteiger partial charge in [0.2, 0.25) is 17.7 Å². The fourth-order valence-electron chi connectivity index (χ4n) is 6.10. The Balaban J connectivity index is 1.69. The highest BCUT2D eigenvalue weighted by atomic mass is 16.6. The Bertz CT molecular complexity index is 979. The van der Waals surface area contributed by atoms with E-state index in [4.69, 9.17) is 14.6 Å². The van der Waals surface area contributed by atoms with Crippen LogP contribution < -0.4 is 5.32 Å². The van der Waals surface area contributed by atoms with Gasteiger partial charge in [0.05, 0.1) is 18.6 Å². The van der Waals surface area contributed by atoms with E-state index < -0.39 is 41.7 Å². The number of rotatable bonds is 7. The van der Waals surface area contributed by atoms with Crippen molar-refractivity contribution >= 4 is 23.7 Å². The molecule has 0 aromatic heterocycles. The summed E-state index contributed by atoms with van der Waals surface area (Å²) in [5.41, 5.74) is -1.23. The molecule has 4 rings (SSSR count). The minimum absolute atomic E-state index is 0.123. The molecule has 0 radical (unpaired) electrons. The van der Waals surface area contributed by atoms with E-state index >= 15 is 0 Å². The Morgan fingerprint density at radius 3 is 2.61 bits per heavy atom. The number of unbranched alkanes of at least 4 members (excludes halogenated alkanes) is 3. The first kappa shape index (κ1) is 28.3. The maximum Gasteiger partial charge on any atom is 0.313 e. The van der Waals surface area contributed by atoms with Crippen LogP contribution in [0.2, 0.25) is 0 Å². The Labute approximate surface area is 224 Å². The summed E-state index contributed by atoms with van der Waals surface area (Å²) in [6, 6.07) is -1.03. The largest absolute Gasteiger partial charge is 0.460 e. The number of nitrogens with one attached hydrogen (secondary N) is 1. The zero-order chi connectivity index (χ0) is 27.4. The first-order chi connectivity index (χ1) is 18.2. The van der Waals surface area contributed by atoms with Crippen molar-refractivity contribution in [3.8, 4) is 0 Å². The van der Waals surface area contributed by atoms with E-state index in [1.807, 2.05) is 32.1 Å². The Morgan fingerprint density at radius 2 is 1.87 bits per heavy atom. The predicted octanol–water partition coefficient (Wildman–Crippen LogP) is 1.32. The van der Waals surface area contributed by atoms with Crippen molar-refractivity contribution in [2.24, 2.45) is 11.8 Å². The summed E-state index contributed by atoms with van der Waals surface area (Å²) < 4.78 is 12.1. The van der Waals surface area contributed by atoms with E-state index in [9.17, 15) is 19.2 Å². The van der Waals surface area contributed by atoms with E-state index in [0.29, 0.717) is 38.8 Å². The lowest BCUT2D eigenvalue weighted by molar-refractivity contribution is -0.158. The second kappa shape index (κ2) is 12.0. The molecule has 2 saturated heterocycles. The number of nitrogens with zero attached hydrogens (tertiary/aromatic N) is 2. The van der Waals surface area contributed by atoms with E-state index in [2.05, 4.69) is 5.32 Å². The Kier molecular flexibility index (Phi) is 8.92. The lowest BCUT2D eigenvalue weighted by atomic mass is 9.74. The Hall–Kier alpha value is -2.72. The van der Waals surface area contributed by atoms with E-state index in [-0.39, 0.29) is 36.9 Å².